The molecule has 176 valence electrons. The summed E-state index contributed by atoms with van der Waals surface area (Å²) in [6.45, 7) is 5.32. The van der Waals surface area contributed by atoms with Gasteiger partial charge in [-0.3, -0.25) is 4.57 Å². The van der Waals surface area contributed by atoms with Gasteiger partial charge in [0, 0.05) is 6.16 Å². The van der Waals surface area contributed by atoms with Crippen molar-refractivity contribution in [2.24, 2.45) is 5.92 Å². The van der Waals surface area contributed by atoms with Crippen molar-refractivity contribution in [2.75, 3.05) is 26.5 Å². The Labute approximate surface area is 192 Å². The Hall–Kier alpha value is -1.84. The second-order valence-corrected chi connectivity index (χ2v) is 10.3. The zero-order chi connectivity index (χ0) is 22.9. The van der Waals surface area contributed by atoms with Crippen LogP contribution in [0, 0.1) is 11.7 Å². The lowest BCUT2D eigenvalue weighted by molar-refractivity contribution is 0.199. The third-order valence-corrected chi connectivity index (χ3v) is 7.81. The molecular weight excluding hydrogens is 426 g/mol. The van der Waals surface area contributed by atoms with Gasteiger partial charge in [-0.05, 0) is 91.3 Å². The second-order valence-electron chi connectivity index (χ2n) is 8.81. The largest absolute Gasteiger partial charge is 0.497 e. The summed E-state index contributed by atoms with van der Waals surface area (Å²) >= 11 is 0. The van der Waals surface area contributed by atoms with Gasteiger partial charge in [-0.25, -0.2) is 4.39 Å². The van der Waals surface area contributed by atoms with E-state index in [1.165, 1.54) is 6.07 Å². The van der Waals surface area contributed by atoms with Crippen LogP contribution in [-0.2, 0) is 9.09 Å². The Morgan fingerprint density at radius 1 is 1.09 bits per heavy atom. The van der Waals surface area contributed by atoms with E-state index < -0.39 is 8.03 Å². The van der Waals surface area contributed by atoms with Crippen molar-refractivity contribution in [2.45, 2.75) is 57.8 Å². The van der Waals surface area contributed by atoms with E-state index in [1.54, 1.807) is 13.2 Å². The Morgan fingerprint density at radius 3 is 2.59 bits per heavy atom. The maximum Gasteiger partial charge on any atom is 0.192 e. The number of benzene rings is 2. The minimum Gasteiger partial charge on any atom is -0.497 e. The van der Waals surface area contributed by atoms with E-state index in [1.807, 2.05) is 25.1 Å². The summed E-state index contributed by atoms with van der Waals surface area (Å²) in [4.78, 5) is 0. The highest BCUT2D eigenvalue weighted by atomic mass is 31.1. The molecule has 0 radical (unpaired) electrons. The van der Waals surface area contributed by atoms with E-state index in [4.69, 9.17) is 14.0 Å². The molecule has 32 heavy (non-hydrogen) atoms. The van der Waals surface area contributed by atoms with Crippen LogP contribution in [0.1, 0.15) is 68.9 Å². The molecule has 2 unspecified atom stereocenters. The van der Waals surface area contributed by atoms with Crippen LogP contribution in [0.4, 0.5) is 4.39 Å². The van der Waals surface area contributed by atoms with Gasteiger partial charge in [0.05, 0.1) is 20.3 Å². The monoisotopic (exact) mass is 462 g/mol. The first-order valence-corrected chi connectivity index (χ1v) is 13.2. The fourth-order valence-electron chi connectivity index (χ4n) is 4.37. The van der Waals surface area contributed by atoms with Crippen molar-refractivity contribution in [1.29, 1.82) is 0 Å². The molecular formula is C26H36FO4P. The van der Waals surface area contributed by atoms with Crippen molar-refractivity contribution in [3.63, 3.8) is 0 Å². The van der Waals surface area contributed by atoms with Gasteiger partial charge >= 0.3 is 0 Å². The molecule has 0 amide bonds. The van der Waals surface area contributed by atoms with Gasteiger partial charge in [-0.15, -0.1) is 0 Å². The van der Waals surface area contributed by atoms with Crippen molar-refractivity contribution < 1.29 is 23.0 Å². The number of hydrogen-bond acceptors (Lipinski definition) is 4. The van der Waals surface area contributed by atoms with Crippen LogP contribution >= 0.6 is 8.03 Å². The van der Waals surface area contributed by atoms with E-state index in [-0.39, 0.29) is 17.7 Å². The Bertz CT molecular complexity index is 880. The summed E-state index contributed by atoms with van der Waals surface area (Å²) in [6.07, 6.45) is 5.40. The molecule has 2 aromatic rings. The SMILES string of the molecule is CCCO[PH](=O)CC(C)c1cccc(OC[C@H]2CC[C@H](c3cc(OC)ccc3F)CC2)c1. The van der Waals surface area contributed by atoms with Gasteiger partial charge in [-0.1, -0.05) is 26.0 Å². The van der Waals surface area contributed by atoms with Crippen LogP contribution < -0.4 is 9.47 Å². The summed E-state index contributed by atoms with van der Waals surface area (Å²) in [5, 5.41) is 0. The molecule has 4 nitrogen and oxygen atoms in total. The first kappa shape index (κ1) is 24.8. The van der Waals surface area contributed by atoms with Gasteiger partial charge < -0.3 is 14.0 Å². The number of hydrogen-bond donors (Lipinski definition) is 0. The molecule has 0 heterocycles. The number of methoxy groups -OCH3 is 1. The molecule has 6 heteroatoms. The van der Waals surface area contributed by atoms with E-state index >= 15 is 0 Å². The van der Waals surface area contributed by atoms with Crippen LogP contribution in [0.3, 0.4) is 0 Å². The summed E-state index contributed by atoms with van der Waals surface area (Å²) in [7, 11) is -0.388. The molecule has 1 aliphatic rings. The van der Waals surface area contributed by atoms with Crippen LogP contribution in [0.5, 0.6) is 11.5 Å². The zero-order valence-corrected chi connectivity index (χ0v) is 20.4. The van der Waals surface area contributed by atoms with Gasteiger partial charge in [-0.2, -0.15) is 0 Å². The lowest BCUT2D eigenvalue weighted by Crippen LogP contribution is -2.20. The van der Waals surface area contributed by atoms with Crippen molar-refractivity contribution in [1.82, 2.24) is 0 Å². The zero-order valence-electron chi connectivity index (χ0n) is 19.4. The highest BCUT2D eigenvalue weighted by Crippen LogP contribution is 2.38. The van der Waals surface area contributed by atoms with E-state index in [0.717, 1.165) is 49.0 Å². The Balaban J connectivity index is 1.49. The molecule has 0 aliphatic heterocycles. The van der Waals surface area contributed by atoms with Crippen molar-refractivity contribution in [3.8, 4) is 11.5 Å². The first-order chi connectivity index (χ1) is 15.5. The fourth-order valence-corrected chi connectivity index (χ4v) is 5.65. The number of halogens is 1. The minimum absolute atomic E-state index is 0.140. The quantitative estimate of drug-likeness (QED) is 0.332. The lowest BCUT2D eigenvalue weighted by Gasteiger charge is -2.29. The third kappa shape index (κ3) is 7.08. The average molecular weight is 463 g/mol. The van der Waals surface area contributed by atoms with Gasteiger partial charge in [0.25, 0.3) is 0 Å². The maximum absolute atomic E-state index is 14.3. The predicted octanol–water partition coefficient (Wildman–Crippen LogP) is 7.19. The Morgan fingerprint density at radius 2 is 1.88 bits per heavy atom. The molecule has 0 N–H and O–H groups in total. The third-order valence-electron chi connectivity index (χ3n) is 6.34. The van der Waals surface area contributed by atoms with Gasteiger partial charge in [0.15, 0.2) is 8.03 Å². The normalized spacial score (nSPS) is 20.5. The molecule has 0 aromatic heterocycles. The minimum atomic E-state index is -2.00. The Kier molecular flexibility index (Phi) is 9.62. The molecule has 1 aliphatic carbocycles. The number of rotatable bonds is 11. The molecule has 2 atom stereocenters. The van der Waals surface area contributed by atoms with Gasteiger partial charge in [0.2, 0.25) is 0 Å². The van der Waals surface area contributed by atoms with E-state index in [2.05, 4.69) is 19.1 Å². The van der Waals surface area contributed by atoms with Crippen LogP contribution in [0.15, 0.2) is 42.5 Å². The van der Waals surface area contributed by atoms with Gasteiger partial charge in [0.1, 0.15) is 17.3 Å². The van der Waals surface area contributed by atoms with Crippen LogP contribution in [-0.4, -0.2) is 26.5 Å². The van der Waals surface area contributed by atoms with E-state index in [9.17, 15) is 8.96 Å². The first-order valence-electron chi connectivity index (χ1n) is 11.7. The highest BCUT2D eigenvalue weighted by molar-refractivity contribution is 7.39. The number of ether oxygens (including phenoxy) is 2. The molecule has 1 fully saturated rings. The van der Waals surface area contributed by atoms with E-state index in [0.29, 0.717) is 31.0 Å². The summed E-state index contributed by atoms with van der Waals surface area (Å²) in [5.41, 5.74) is 1.89. The molecule has 0 saturated heterocycles. The lowest BCUT2D eigenvalue weighted by atomic mass is 9.79. The molecule has 2 aromatic carbocycles. The topological polar surface area (TPSA) is 44.8 Å². The van der Waals surface area contributed by atoms with Crippen LogP contribution in [0.25, 0.3) is 0 Å². The van der Waals surface area contributed by atoms with Crippen molar-refractivity contribution >= 4 is 8.03 Å². The summed E-state index contributed by atoms with van der Waals surface area (Å²) in [6, 6.07) is 13.1. The standard InChI is InChI=1S/C26H36FO4P/c1-4-14-31-32(28)18-19(2)22-6-5-7-24(15-22)30-17-20-8-10-21(11-9-20)25-16-23(29-3)12-13-26(25)27/h5-7,12-13,15-16,19-21,32H,4,8-11,14,17-18H2,1-3H3/t19?,20-,21-. The second kappa shape index (κ2) is 12.4. The summed E-state index contributed by atoms with van der Waals surface area (Å²) in [5.74, 6) is 2.30. The average Bonchev–Trinajstić information content (AvgIpc) is 2.82. The smallest absolute Gasteiger partial charge is 0.192 e. The van der Waals surface area contributed by atoms with Crippen LogP contribution in [0.2, 0.25) is 0 Å². The molecule has 0 spiro atoms. The fraction of sp³-hybridized carbons (Fsp3) is 0.538. The maximum atomic E-state index is 14.3. The van der Waals surface area contributed by atoms with Crippen molar-refractivity contribution in [3.05, 3.63) is 59.4 Å². The molecule has 1 saturated carbocycles. The highest BCUT2D eigenvalue weighted by Gasteiger charge is 2.25. The molecule has 0 bridgehead atoms. The predicted molar refractivity (Wildman–Crippen MR) is 128 cm³/mol. The summed E-state index contributed by atoms with van der Waals surface area (Å²) < 4.78 is 43.1. The molecule has 3 rings (SSSR count).